The van der Waals surface area contributed by atoms with Crippen molar-refractivity contribution in [2.45, 2.75) is 77.9 Å². The van der Waals surface area contributed by atoms with Gasteiger partial charge in [-0.2, -0.15) is 0 Å². The van der Waals surface area contributed by atoms with Crippen molar-refractivity contribution in [3.8, 4) is 0 Å². The third kappa shape index (κ3) is 7.58. The number of halogens is 1. The van der Waals surface area contributed by atoms with Gasteiger partial charge in [-0.25, -0.2) is 4.79 Å². The van der Waals surface area contributed by atoms with E-state index in [1.54, 1.807) is 12.3 Å². The molecule has 0 amide bonds. The highest BCUT2D eigenvalue weighted by Gasteiger charge is 2.51. The highest BCUT2D eigenvalue weighted by Crippen LogP contribution is 2.49. The van der Waals surface area contributed by atoms with Crippen LogP contribution in [0.25, 0.3) is 10.9 Å². The van der Waals surface area contributed by atoms with Crippen molar-refractivity contribution < 1.29 is 14.3 Å². The summed E-state index contributed by atoms with van der Waals surface area (Å²) in [4.78, 5) is 19.0. The molecule has 3 aromatic rings. The van der Waals surface area contributed by atoms with Crippen LogP contribution >= 0.6 is 15.9 Å². The number of ether oxygens (including phenoxy) is 2. The Labute approximate surface area is 283 Å². The largest absolute Gasteiger partial charge is 0.462 e. The van der Waals surface area contributed by atoms with E-state index >= 15 is 0 Å². The molecule has 3 heterocycles. The number of nitrogens with zero attached hydrogens (tertiary/aromatic N) is 3. The molecular weight excluding hydrogens is 638 g/mol. The van der Waals surface area contributed by atoms with Crippen molar-refractivity contribution in [3.63, 3.8) is 0 Å². The van der Waals surface area contributed by atoms with Crippen LogP contribution in [0.5, 0.6) is 0 Å². The number of methoxy groups -OCH3 is 1. The predicted molar refractivity (Wildman–Crippen MR) is 191 cm³/mol. The van der Waals surface area contributed by atoms with Gasteiger partial charge in [0.05, 0.1) is 12.2 Å². The van der Waals surface area contributed by atoms with Gasteiger partial charge >= 0.3 is 5.97 Å². The number of fused-ring (bicyclic) bond motifs is 2. The molecule has 0 spiro atoms. The minimum Gasteiger partial charge on any atom is -0.462 e. The van der Waals surface area contributed by atoms with Gasteiger partial charge in [0, 0.05) is 66.6 Å². The topological polar surface area (TPSA) is 56.6 Å². The van der Waals surface area contributed by atoms with Gasteiger partial charge in [0.15, 0.2) is 0 Å². The van der Waals surface area contributed by atoms with Crippen LogP contribution in [0, 0.1) is 11.3 Å². The second-order valence-electron chi connectivity index (χ2n) is 14.2. The van der Waals surface area contributed by atoms with Crippen molar-refractivity contribution in [1.82, 2.24) is 14.5 Å². The lowest BCUT2D eigenvalue weighted by Gasteiger charge is -2.53. The molecule has 1 aliphatic heterocycles. The third-order valence-electron chi connectivity index (χ3n) is 9.94. The van der Waals surface area contributed by atoms with Gasteiger partial charge in [-0.05, 0) is 104 Å². The molecule has 2 aliphatic carbocycles. The van der Waals surface area contributed by atoms with E-state index in [4.69, 9.17) is 9.47 Å². The van der Waals surface area contributed by atoms with Crippen LogP contribution in [-0.4, -0.2) is 53.8 Å². The first-order valence-electron chi connectivity index (χ1n) is 16.5. The SMILES string of the molecule is CC1=CCCC(C)=CCC(C)(C)C=CC1.COC12CC(COC(=O)c3cncc(Br)c3)CN(C)C1Cc1cn(C)c3cccc2c13. The highest BCUT2D eigenvalue weighted by molar-refractivity contribution is 9.10. The van der Waals surface area contributed by atoms with Crippen molar-refractivity contribution in [2.24, 2.45) is 18.4 Å². The maximum Gasteiger partial charge on any atom is 0.339 e. The summed E-state index contributed by atoms with van der Waals surface area (Å²) in [7, 11) is 6.07. The summed E-state index contributed by atoms with van der Waals surface area (Å²) in [5.41, 5.74) is 7.23. The molecule has 2 aromatic heterocycles. The smallest absolute Gasteiger partial charge is 0.339 e. The number of likely N-dealkylation sites (tertiary alicyclic amines) is 1. The zero-order chi connectivity index (χ0) is 33.1. The number of hydrogen-bond donors (Lipinski definition) is 0. The summed E-state index contributed by atoms with van der Waals surface area (Å²) in [6.07, 6.45) is 21.3. The average Bonchev–Trinajstić information content (AvgIpc) is 3.34. The van der Waals surface area contributed by atoms with Crippen molar-refractivity contribution in [2.75, 3.05) is 27.3 Å². The van der Waals surface area contributed by atoms with Crippen LogP contribution in [0.15, 0.2) is 82.8 Å². The van der Waals surface area contributed by atoms with E-state index in [-0.39, 0.29) is 17.9 Å². The fraction of sp³-hybridized carbons (Fsp3) is 0.487. The lowest BCUT2D eigenvalue weighted by molar-refractivity contribution is -0.131. The Bertz CT molecular complexity index is 1650. The first-order chi connectivity index (χ1) is 21.9. The molecule has 0 N–H and O–H groups in total. The molecule has 3 unspecified atom stereocenters. The minimum atomic E-state index is -0.421. The lowest BCUT2D eigenvalue weighted by Crippen LogP contribution is -2.59. The number of aryl methyl sites for hydroxylation is 1. The van der Waals surface area contributed by atoms with Gasteiger partial charge in [0.2, 0.25) is 0 Å². The quantitative estimate of drug-likeness (QED) is 0.202. The minimum absolute atomic E-state index is 0.172. The molecule has 3 aliphatic rings. The van der Waals surface area contributed by atoms with Crippen molar-refractivity contribution in [1.29, 1.82) is 0 Å². The Morgan fingerprint density at radius 2 is 1.93 bits per heavy atom. The fourth-order valence-corrected chi connectivity index (χ4v) is 7.79. The van der Waals surface area contributed by atoms with Gasteiger partial charge < -0.3 is 14.0 Å². The van der Waals surface area contributed by atoms with E-state index in [1.807, 2.05) is 7.11 Å². The first-order valence-corrected chi connectivity index (χ1v) is 17.3. The molecule has 246 valence electrons. The molecule has 1 aromatic carbocycles. The summed E-state index contributed by atoms with van der Waals surface area (Å²) >= 11 is 3.35. The number of likely N-dealkylation sites (N-methyl/N-ethyl adjacent to an activating group) is 1. The first kappa shape index (κ1) is 34.3. The molecule has 0 radical (unpaired) electrons. The summed E-state index contributed by atoms with van der Waals surface area (Å²) in [5.74, 6) is -0.174. The number of aromatic nitrogens is 2. The second kappa shape index (κ2) is 14.4. The van der Waals surface area contributed by atoms with Crippen LogP contribution in [0.4, 0.5) is 0 Å². The number of rotatable bonds is 4. The Morgan fingerprint density at radius 1 is 1.13 bits per heavy atom. The number of hydrogen-bond acceptors (Lipinski definition) is 5. The molecule has 1 saturated heterocycles. The third-order valence-corrected chi connectivity index (χ3v) is 10.4. The zero-order valence-corrected chi connectivity index (χ0v) is 30.2. The molecule has 6 nitrogen and oxygen atoms in total. The van der Waals surface area contributed by atoms with Crippen LogP contribution in [0.3, 0.4) is 0 Å². The van der Waals surface area contributed by atoms with Gasteiger partial charge in [-0.15, -0.1) is 0 Å². The summed E-state index contributed by atoms with van der Waals surface area (Å²) in [5, 5.41) is 1.31. The van der Waals surface area contributed by atoms with E-state index in [9.17, 15) is 4.79 Å². The summed E-state index contributed by atoms with van der Waals surface area (Å²) in [6, 6.07) is 8.47. The Morgan fingerprint density at radius 3 is 2.70 bits per heavy atom. The second-order valence-corrected chi connectivity index (χ2v) is 15.1. The van der Waals surface area contributed by atoms with Crippen molar-refractivity contribution in [3.05, 3.63) is 99.5 Å². The van der Waals surface area contributed by atoms with E-state index in [0.29, 0.717) is 17.6 Å². The predicted octanol–water partition coefficient (Wildman–Crippen LogP) is 8.95. The van der Waals surface area contributed by atoms with Crippen molar-refractivity contribution >= 4 is 32.8 Å². The standard InChI is InChI=1S/C24H26BrN3O3.C15H24/c1-27-13-17-8-21-24(30-3,19-5-4-6-20(27)22(17)19)9-15(12-28(21)2)14-31-23(29)16-7-18(25)11-26-10-16;1-13-7-5-8-14(2)10-12-15(3,4)11-6-9-13/h4-7,10-11,13,15,21H,8-9,12,14H2,1-3H3;6-7,10-11H,5,8-9,12H2,1-4H3. The normalized spacial score (nSPS) is 24.5. The molecule has 0 saturated carbocycles. The van der Waals surface area contributed by atoms with Gasteiger partial charge in [0.25, 0.3) is 0 Å². The van der Waals surface area contributed by atoms with E-state index < -0.39 is 5.60 Å². The van der Waals surface area contributed by atoms with E-state index in [1.165, 1.54) is 52.2 Å². The van der Waals surface area contributed by atoms with Crippen LogP contribution < -0.4 is 0 Å². The van der Waals surface area contributed by atoms with E-state index in [2.05, 4.69) is 121 Å². The van der Waals surface area contributed by atoms with Gasteiger partial charge in [-0.3, -0.25) is 9.88 Å². The van der Waals surface area contributed by atoms with Gasteiger partial charge in [-0.1, -0.05) is 61.4 Å². The number of carbonyl (C=O) groups excluding carboxylic acids is 1. The maximum absolute atomic E-state index is 12.5. The van der Waals surface area contributed by atoms with E-state index in [0.717, 1.165) is 36.7 Å². The molecule has 7 heteroatoms. The Kier molecular flexibility index (Phi) is 10.8. The lowest BCUT2D eigenvalue weighted by atomic mass is 9.69. The molecule has 1 fully saturated rings. The molecule has 46 heavy (non-hydrogen) atoms. The number of allylic oxidation sites excluding steroid dienone is 6. The summed E-state index contributed by atoms with van der Waals surface area (Å²) < 4.78 is 15.0. The maximum atomic E-state index is 12.5. The number of carbonyl (C=O) groups is 1. The monoisotopic (exact) mass is 687 g/mol. The molecule has 6 rings (SSSR count). The average molecular weight is 689 g/mol. The molecule has 3 atom stereocenters. The van der Waals surface area contributed by atoms with Crippen LogP contribution in [0.2, 0.25) is 0 Å². The highest BCUT2D eigenvalue weighted by atomic mass is 79.9. The number of pyridine rings is 1. The number of piperidine rings is 1. The van der Waals surface area contributed by atoms with Gasteiger partial charge in [0.1, 0.15) is 5.60 Å². The Hall–Kier alpha value is -3.00. The van der Waals surface area contributed by atoms with Crippen LogP contribution in [0.1, 0.15) is 81.3 Å². The zero-order valence-electron chi connectivity index (χ0n) is 28.6. The van der Waals surface area contributed by atoms with Crippen LogP contribution in [-0.2, 0) is 28.5 Å². The number of benzene rings is 1. The number of esters is 1. The fourth-order valence-electron chi connectivity index (χ4n) is 7.43. The summed E-state index contributed by atoms with van der Waals surface area (Å²) in [6.45, 7) is 10.3. The molecular formula is C39H50BrN3O3. The molecule has 0 bridgehead atoms. The Balaban J connectivity index is 0.000000235.